The normalized spacial score (nSPS) is 21.7. The molecule has 136 valence electrons. The number of hydrogen-bond donors (Lipinski definition) is 0. The lowest BCUT2D eigenvalue weighted by Crippen LogP contribution is -2.33. The minimum atomic E-state index is -0.631. The highest BCUT2D eigenvalue weighted by molar-refractivity contribution is 6.31. The highest BCUT2D eigenvalue weighted by atomic mass is 35.5. The Labute approximate surface area is 155 Å². The maximum Gasteiger partial charge on any atom is 0.308 e. The summed E-state index contributed by atoms with van der Waals surface area (Å²) < 4.78 is 4.95. The summed E-state index contributed by atoms with van der Waals surface area (Å²) in [5.74, 6) is -2.08. The Kier molecular flexibility index (Phi) is 5.52. The van der Waals surface area contributed by atoms with E-state index in [2.05, 4.69) is 0 Å². The molecule has 0 aromatic heterocycles. The Morgan fingerprint density at radius 2 is 1.77 bits per heavy atom. The van der Waals surface area contributed by atoms with E-state index in [1.165, 1.54) is 6.07 Å². The predicted molar refractivity (Wildman–Crippen MR) is 93.4 cm³/mol. The molecule has 2 atom stereocenters. The molecule has 7 heteroatoms. The molecular weight excluding hydrogens is 358 g/mol. The van der Waals surface area contributed by atoms with Crippen molar-refractivity contribution in [3.8, 4) is 0 Å². The van der Waals surface area contributed by atoms with Crippen molar-refractivity contribution in [1.82, 2.24) is 4.90 Å². The molecule has 1 aromatic carbocycles. The molecule has 2 aliphatic rings. The van der Waals surface area contributed by atoms with Crippen molar-refractivity contribution in [3.05, 3.63) is 47.0 Å². The molecule has 0 bridgehead atoms. The molecule has 2 amide bonds. The third-order valence-corrected chi connectivity index (χ3v) is 4.88. The summed E-state index contributed by atoms with van der Waals surface area (Å²) in [6, 6.07) is 6.35. The number of rotatable bonds is 6. The summed E-state index contributed by atoms with van der Waals surface area (Å²) in [5.41, 5.74) is 0.353. The molecule has 1 aromatic rings. The fourth-order valence-electron chi connectivity index (χ4n) is 3.26. The van der Waals surface area contributed by atoms with Gasteiger partial charge in [-0.1, -0.05) is 35.9 Å². The van der Waals surface area contributed by atoms with Gasteiger partial charge in [0.25, 0.3) is 0 Å². The minimum absolute atomic E-state index is 0.0190. The average molecular weight is 376 g/mol. The number of carbonyl (C=O) groups is 4. The quantitative estimate of drug-likeness (QED) is 0.330. The smallest absolute Gasteiger partial charge is 0.308 e. The van der Waals surface area contributed by atoms with Crippen LogP contribution in [0.5, 0.6) is 0 Å². The monoisotopic (exact) mass is 375 g/mol. The number of imide groups is 1. The lowest BCUT2D eigenvalue weighted by atomic mass is 9.85. The molecule has 1 saturated heterocycles. The number of amides is 2. The topological polar surface area (TPSA) is 80.8 Å². The van der Waals surface area contributed by atoms with Gasteiger partial charge in [-0.2, -0.15) is 0 Å². The molecule has 1 heterocycles. The number of carbonyl (C=O) groups excluding carboxylic acids is 4. The van der Waals surface area contributed by atoms with Gasteiger partial charge in [-0.15, -0.1) is 0 Å². The third-order valence-electron chi connectivity index (χ3n) is 4.65. The number of ether oxygens (including phenoxy) is 1. The first kappa shape index (κ1) is 18.3. The van der Waals surface area contributed by atoms with Crippen molar-refractivity contribution in [2.75, 3.05) is 13.2 Å². The van der Waals surface area contributed by atoms with E-state index in [9.17, 15) is 19.2 Å². The number of halogens is 1. The Morgan fingerprint density at radius 3 is 2.38 bits per heavy atom. The van der Waals surface area contributed by atoms with Crippen molar-refractivity contribution in [1.29, 1.82) is 0 Å². The second-order valence-corrected chi connectivity index (χ2v) is 6.76. The Hall–Kier alpha value is -2.47. The van der Waals surface area contributed by atoms with Gasteiger partial charge >= 0.3 is 5.97 Å². The fraction of sp³-hybridized carbons (Fsp3) is 0.368. The van der Waals surface area contributed by atoms with Gasteiger partial charge in [-0.05, 0) is 25.0 Å². The van der Waals surface area contributed by atoms with Gasteiger partial charge in [0, 0.05) is 17.1 Å². The molecule has 0 unspecified atom stereocenters. The van der Waals surface area contributed by atoms with Crippen molar-refractivity contribution in [2.45, 2.75) is 19.3 Å². The largest absolute Gasteiger partial charge is 0.457 e. The molecule has 26 heavy (non-hydrogen) atoms. The number of fused-ring (bicyclic) bond motifs is 1. The van der Waals surface area contributed by atoms with E-state index >= 15 is 0 Å². The molecule has 1 fully saturated rings. The molecule has 0 radical (unpaired) electrons. The molecule has 3 rings (SSSR count). The highest BCUT2D eigenvalue weighted by Crippen LogP contribution is 2.34. The number of hydrogen-bond acceptors (Lipinski definition) is 5. The molecule has 0 spiro atoms. The number of esters is 1. The average Bonchev–Trinajstić information content (AvgIpc) is 2.89. The predicted octanol–water partition coefficient (Wildman–Crippen LogP) is 2.41. The van der Waals surface area contributed by atoms with E-state index in [-0.39, 0.29) is 42.4 Å². The van der Waals surface area contributed by atoms with Crippen LogP contribution in [-0.2, 0) is 19.1 Å². The van der Waals surface area contributed by atoms with E-state index in [0.717, 1.165) is 4.90 Å². The Balaban J connectivity index is 1.48. The zero-order chi connectivity index (χ0) is 18.7. The number of allylic oxidation sites excluding steroid dienone is 2. The minimum Gasteiger partial charge on any atom is -0.457 e. The summed E-state index contributed by atoms with van der Waals surface area (Å²) in [6.07, 6.45) is 4.80. The van der Waals surface area contributed by atoms with Crippen LogP contribution in [0.4, 0.5) is 0 Å². The number of likely N-dealkylation sites (tertiary alicyclic amines) is 1. The maximum absolute atomic E-state index is 12.3. The Bertz CT molecular complexity index is 762. The van der Waals surface area contributed by atoms with Gasteiger partial charge in [0.1, 0.15) is 0 Å². The third kappa shape index (κ3) is 3.85. The standard InChI is InChI=1S/C19H18ClNO5/c20-13-5-3-4-12(10-13)16(22)11-26-17(23)8-9-21-18(24)14-6-1-2-7-15(14)19(21)25/h1-5,10,14-15H,6-9,11H2/t14-,15+. The molecule has 0 N–H and O–H groups in total. The van der Waals surface area contributed by atoms with Crippen LogP contribution < -0.4 is 0 Å². The summed E-state index contributed by atoms with van der Waals surface area (Å²) in [5, 5.41) is 0.421. The molecular formula is C19H18ClNO5. The highest BCUT2D eigenvalue weighted by Gasteiger charge is 2.46. The zero-order valence-corrected chi connectivity index (χ0v) is 14.8. The lowest BCUT2D eigenvalue weighted by molar-refractivity contribution is -0.145. The molecule has 0 saturated carbocycles. The number of ketones is 1. The van der Waals surface area contributed by atoms with Crippen LogP contribution in [0.2, 0.25) is 5.02 Å². The fourth-order valence-corrected chi connectivity index (χ4v) is 3.45. The van der Waals surface area contributed by atoms with Gasteiger partial charge < -0.3 is 4.74 Å². The van der Waals surface area contributed by atoms with Crippen LogP contribution in [0, 0.1) is 11.8 Å². The number of Topliss-reactive ketones (excluding diaryl/α,β-unsaturated/α-hetero) is 1. The zero-order valence-electron chi connectivity index (χ0n) is 14.0. The second-order valence-electron chi connectivity index (χ2n) is 6.33. The van der Waals surface area contributed by atoms with Crippen molar-refractivity contribution in [2.24, 2.45) is 11.8 Å². The van der Waals surface area contributed by atoms with Gasteiger partial charge in [0.2, 0.25) is 11.8 Å². The van der Waals surface area contributed by atoms with Crippen LogP contribution in [0.15, 0.2) is 36.4 Å². The van der Waals surface area contributed by atoms with Crippen molar-refractivity contribution >= 4 is 35.2 Å². The summed E-state index contributed by atoms with van der Waals surface area (Å²) in [4.78, 5) is 49.6. The number of nitrogens with zero attached hydrogens (tertiary/aromatic N) is 1. The lowest BCUT2D eigenvalue weighted by Gasteiger charge is -2.14. The summed E-state index contributed by atoms with van der Waals surface area (Å²) >= 11 is 5.82. The van der Waals surface area contributed by atoms with E-state index in [1.54, 1.807) is 18.2 Å². The van der Waals surface area contributed by atoms with E-state index in [1.807, 2.05) is 12.2 Å². The van der Waals surface area contributed by atoms with Gasteiger partial charge in [-0.25, -0.2) is 0 Å². The van der Waals surface area contributed by atoms with E-state index < -0.39 is 12.6 Å². The number of benzene rings is 1. The van der Waals surface area contributed by atoms with Crippen LogP contribution in [0.25, 0.3) is 0 Å². The summed E-state index contributed by atoms with van der Waals surface area (Å²) in [7, 11) is 0. The van der Waals surface area contributed by atoms with Crippen molar-refractivity contribution in [3.63, 3.8) is 0 Å². The molecule has 6 nitrogen and oxygen atoms in total. The SMILES string of the molecule is O=C(CCN1C(=O)[C@H]2CC=CC[C@H]2C1=O)OCC(=O)c1cccc(Cl)c1. The van der Waals surface area contributed by atoms with Crippen LogP contribution >= 0.6 is 11.6 Å². The van der Waals surface area contributed by atoms with Crippen LogP contribution in [0.1, 0.15) is 29.6 Å². The second kappa shape index (κ2) is 7.83. The van der Waals surface area contributed by atoms with E-state index in [4.69, 9.17) is 16.3 Å². The molecule has 1 aliphatic heterocycles. The van der Waals surface area contributed by atoms with Gasteiger partial charge in [-0.3, -0.25) is 24.1 Å². The maximum atomic E-state index is 12.3. The first-order valence-electron chi connectivity index (χ1n) is 8.42. The Morgan fingerprint density at radius 1 is 1.12 bits per heavy atom. The van der Waals surface area contributed by atoms with Gasteiger partial charge in [0.15, 0.2) is 12.4 Å². The first-order valence-corrected chi connectivity index (χ1v) is 8.80. The first-order chi connectivity index (χ1) is 12.5. The van der Waals surface area contributed by atoms with Crippen LogP contribution in [-0.4, -0.2) is 41.6 Å². The van der Waals surface area contributed by atoms with Gasteiger partial charge in [0.05, 0.1) is 18.3 Å². The van der Waals surface area contributed by atoms with Crippen molar-refractivity contribution < 1.29 is 23.9 Å². The molecule has 1 aliphatic carbocycles. The van der Waals surface area contributed by atoms with E-state index in [0.29, 0.717) is 23.4 Å². The summed E-state index contributed by atoms with van der Waals surface area (Å²) in [6.45, 7) is -0.426. The van der Waals surface area contributed by atoms with Crippen LogP contribution in [0.3, 0.4) is 0 Å².